The van der Waals surface area contributed by atoms with E-state index >= 15 is 0 Å². The van der Waals surface area contributed by atoms with Gasteiger partial charge < -0.3 is 15.2 Å². The van der Waals surface area contributed by atoms with E-state index in [2.05, 4.69) is 13.0 Å². The molecular formula is C11H15NO2. The van der Waals surface area contributed by atoms with Gasteiger partial charge in [0.2, 0.25) is 6.79 Å². The molecule has 2 N–H and O–H groups in total. The van der Waals surface area contributed by atoms with Gasteiger partial charge in [0, 0.05) is 0 Å². The van der Waals surface area contributed by atoms with Crippen LogP contribution in [0.5, 0.6) is 11.5 Å². The van der Waals surface area contributed by atoms with Gasteiger partial charge in [0.05, 0.1) is 0 Å². The topological polar surface area (TPSA) is 44.5 Å². The second-order valence-electron chi connectivity index (χ2n) is 3.48. The first kappa shape index (κ1) is 9.34. The van der Waals surface area contributed by atoms with Crippen molar-refractivity contribution >= 4 is 0 Å². The molecule has 0 radical (unpaired) electrons. The number of aryl methyl sites for hydroxylation is 1. The van der Waals surface area contributed by atoms with Gasteiger partial charge in [-0.1, -0.05) is 6.07 Å². The van der Waals surface area contributed by atoms with Crippen LogP contribution < -0.4 is 15.2 Å². The summed E-state index contributed by atoms with van der Waals surface area (Å²) in [5.74, 6) is 1.76. The van der Waals surface area contributed by atoms with Crippen molar-refractivity contribution in [3.05, 3.63) is 23.3 Å². The molecule has 0 bridgehead atoms. The number of rotatable bonds is 3. The highest BCUT2D eigenvalue weighted by Crippen LogP contribution is 2.37. The zero-order chi connectivity index (χ0) is 9.97. The van der Waals surface area contributed by atoms with Crippen molar-refractivity contribution in [2.45, 2.75) is 19.8 Å². The lowest BCUT2D eigenvalue weighted by molar-refractivity contribution is 0.173. The minimum absolute atomic E-state index is 0.344. The first-order valence-corrected chi connectivity index (χ1v) is 4.91. The van der Waals surface area contributed by atoms with E-state index in [0.717, 1.165) is 30.9 Å². The van der Waals surface area contributed by atoms with Gasteiger partial charge in [-0.05, 0) is 43.5 Å². The number of ether oxygens (including phenoxy) is 2. The molecule has 14 heavy (non-hydrogen) atoms. The van der Waals surface area contributed by atoms with Crippen molar-refractivity contribution in [3.63, 3.8) is 0 Å². The Kier molecular flexibility index (Phi) is 2.59. The Morgan fingerprint density at radius 1 is 1.36 bits per heavy atom. The summed E-state index contributed by atoms with van der Waals surface area (Å²) in [4.78, 5) is 0. The van der Waals surface area contributed by atoms with Crippen LogP contribution >= 0.6 is 0 Å². The molecule has 0 aromatic heterocycles. The van der Waals surface area contributed by atoms with Crippen molar-refractivity contribution in [2.75, 3.05) is 13.3 Å². The van der Waals surface area contributed by atoms with Crippen LogP contribution in [0, 0.1) is 6.92 Å². The third kappa shape index (κ3) is 1.55. The largest absolute Gasteiger partial charge is 0.454 e. The Morgan fingerprint density at radius 3 is 3.00 bits per heavy atom. The summed E-state index contributed by atoms with van der Waals surface area (Å²) in [5.41, 5.74) is 7.98. The second-order valence-corrected chi connectivity index (χ2v) is 3.48. The SMILES string of the molecule is Cc1c(CCCN)ccc2c1OCO2. The molecule has 1 aromatic rings. The summed E-state index contributed by atoms with van der Waals surface area (Å²) >= 11 is 0. The summed E-state index contributed by atoms with van der Waals surface area (Å²) in [5, 5.41) is 0. The van der Waals surface area contributed by atoms with Gasteiger partial charge in [-0.2, -0.15) is 0 Å². The van der Waals surface area contributed by atoms with Crippen molar-refractivity contribution in [1.29, 1.82) is 0 Å². The number of fused-ring (bicyclic) bond motifs is 1. The highest BCUT2D eigenvalue weighted by Gasteiger charge is 2.17. The molecule has 0 saturated carbocycles. The van der Waals surface area contributed by atoms with Gasteiger partial charge in [-0.25, -0.2) is 0 Å². The first-order valence-electron chi connectivity index (χ1n) is 4.91. The molecule has 2 rings (SSSR count). The van der Waals surface area contributed by atoms with Gasteiger partial charge in [0.1, 0.15) is 0 Å². The Balaban J connectivity index is 2.26. The quantitative estimate of drug-likeness (QED) is 0.793. The van der Waals surface area contributed by atoms with E-state index in [4.69, 9.17) is 15.2 Å². The lowest BCUT2D eigenvalue weighted by atomic mass is 10.0. The maximum atomic E-state index is 5.48. The molecule has 1 aliphatic heterocycles. The van der Waals surface area contributed by atoms with Gasteiger partial charge in [-0.15, -0.1) is 0 Å². The van der Waals surface area contributed by atoms with Crippen LogP contribution in [0.3, 0.4) is 0 Å². The molecule has 1 heterocycles. The fraction of sp³-hybridized carbons (Fsp3) is 0.455. The van der Waals surface area contributed by atoms with E-state index < -0.39 is 0 Å². The Bertz CT molecular complexity index is 336. The van der Waals surface area contributed by atoms with Crippen molar-refractivity contribution in [2.24, 2.45) is 5.73 Å². The molecule has 0 unspecified atom stereocenters. The first-order chi connectivity index (χ1) is 6.83. The second kappa shape index (κ2) is 3.88. The molecule has 0 atom stereocenters. The van der Waals surface area contributed by atoms with Gasteiger partial charge >= 0.3 is 0 Å². The Labute approximate surface area is 83.8 Å². The Morgan fingerprint density at radius 2 is 2.21 bits per heavy atom. The van der Waals surface area contributed by atoms with Crippen LogP contribution in [0.4, 0.5) is 0 Å². The zero-order valence-corrected chi connectivity index (χ0v) is 8.38. The highest BCUT2D eigenvalue weighted by molar-refractivity contribution is 5.51. The molecule has 0 amide bonds. The lowest BCUT2D eigenvalue weighted by Gasteiger charge is -2.07. The minimum atomic E-state index is 0.344. The van der Waals surface area contributed by atoms with E-state index in [-0.39, 0.29) is 0 Å². The lowest BCUT2D eigenvalue weighted by Crippen LogP contribution is -2.01. The van der Waals surface area contributed by atoms with Gasteiger partial charge in [0.25, 0.3) is 0 Å². The molecule has 0 saturated heterocycles. The van der Waals surface area contributed by atoms with Crippen molar-refractivity contribution in [1.82, 2.24) is 0 Å². The van der Waals surface area contributed by atoms with Crippen LogP contribution in [0.25, 0.3) is 0 Å². The summed E-state index contributed by atoms with van der Waals surface area (Å²) in [6.45, 7) is 3.14. The zero-order valence-electron chi connectivity index (χ0n) is 8.38. The number of benzene rings is 1. The van der Waals surface area contributed by atoms with Gasteiger partial charge in [0.15, 0.2) is 11.5 Å². The predicted octanol–water partition coefficient (Wildman–Crippen LogP) is 1.62. The molecule has 76 valence electrons. The normalized spacial score (nSPS) is 13.3. The van der Waals surface area contributed by atoms with E-state index in [9.17, 15) is 0 Å². The smallest absolute Gasteiger partial charge is 0.231 e. The number of nitrogens with two attached hydrogens (primary N) is 1. The average molecular weight is 193 g/mol. The average Bonchev–Trinajstić information content (AvgIpc) is 2.66. The maximum absolute atomic E-state index is 5.48. The third-order valence-corrected chi connectivity index (χ3v) is 2.55. The van der Waals surface area contributed by atoms with E-state index in [1.54, 1.807) is 0 Å². The van der Waals surface area contributed by atoms with Crippen LogP contribution in [0.2, 0.25) is 0 Å². The summed E-state index contributed by atoms with van der Waals surface area (Å²) in [6, 6.07) is 4.07. The van der Waals surface area contributed by atoms with Crippen LogP contribution in [-0.2, 0) is 6.42 Å². The van der Waals surface area contributed by atoms with E-state index in [1.807, 2.05) is 6.07 Å². The van der Waals surface area contributed by atoms with Crippen LogP contribution in [-0.4, -0.2) is 13.3 Å². The van der Waals surface area contributed by atoms with E-state index in [1.165, 1.54) is 11.1 Å². The van der Waals surface area contributed by atoms with Crippen LogP contribution in [0.1, 0.15) is 17.5 Å². The number of hydrogen-bond acceptors (Lipinski definition) is 3. The van der Waals surface area contributed by atoms with Crippen molar-refractivity contribution in [3.8, 4) is 11.5 Å². The molecule has 1 aromatic carbocycles. The summed E-state index contributed by atoms with van der Waals surface area (Å²) < 4.78 is 10.7. The fourth-order valence-electron chi connectivity index (χ4n) is 1.72. The van der Waals surface area contributed by atoms with E-state index in [0.29, 0.717) is 6.79 Å². The third-order valence-electron chi connectivity index (χ3n) is 2.55. The molecule has 3 nitrogen and oxygen atoms in total. The Hall–Kier alpha value is -1.22. The molecule has 0 spiro atoms. The minimum Gasteiger partial charge on any atom is -0.454 e. The summed E-state index contributed by atoms with van der Waals surface area (Å²) in [7, 11) is 0. The van der Waals surface area contributed by atoms with Crippen LogP contribution in [0.15, 0.2) is 12.1 Å². The summed E-state index contributed by atoms with van der Waals surface area (Å²) in [6.07, 6.45) is 2.03. The molecule has 3 heteroatoms. The molecule has 0 aliphatic carbocycles. The van der Waals surface area contributed by atoms with Gasteiger partial charge in [-0.3, -0.25) is 0 Å². The predicted molar refractivity (Wildman–Crippen MR) is 54.7 cm³/mol. The fourth-order valence-corrected chi connectivity index (χ4v) is 1.72. The maximum Gasteiger partial charge on any atom is 0.231 e. The number of hydrogen-bond donors (Lipinski definition) is 1. The standard InChI is InChI=1S/C11H15NO2/c1-8-9(3-2-6-12)4-5-10-11(8)14-7-13-10/h4-5H,2-3,6-7,12H2,1H3. The molecule has 1 aliphatic rings. The highest BCUT2D eigenvalue weighted by atomic mass is 16.7. The monoisotopic (exact) mass is 193 g/mol. The molecule has 0 fully saturated rings. The van der Waals surface area contributed by atoms with Crippen molar-refractivity contribution < 1.29 is 9.47 Å². The molecular weight excluding hydrogens is 178 g/mol.